The fraction of sp³-hybridized carbons (Fsp3) is 0.722. The van der Waals surface area contributed by atoms with Crippen molar-refractivity contribution in [3.63, 3.8) is 0 Å². The lowest BCUT2D eigenvalue weighted by molar-refractivity contribution is -0.209. The molecule has 134 valence electrons. The van der Waals surface area contributed by atoms with Gasteiger partial charge in [0.15, 0.2) is 0 Å². The smallest absolute Gasteiger partial charge is 0.234 e. The number of aliphatic hydroxyl groups excluding tert-OH is 1. The molecule has 2 aliphatic rings. The largest absolute Gasteiger partial charge is 0.467 e. The van der Waals surface area contributed by atoms with Crippen molar-refractivity contribution in [2.45, 2.75) is 51.4 Å². The van der Waals surface area contributed by atoms with Crippen LogP contribution in [0.1, 0.15) is 44.9 Å². The number of nitrogens with zero attached hydrogens (tertiary/aromatic N) is 1. The molecule has 1 saturated carbocycles. The van der Waals surface area contributed by atoms with E-state index in [1.165, 1.54) is 0 Å². The number of furan rings is 1. The van der Waals surface area contributed by atoms with Gasteiger partial charge in [-0.15, -0.1) is 0 Å². The molecule has 2 heterocycles. The molecule has 0 radical (unpaired) electrons. The third-order valence-electron chi connectivity index (χ3n) is 5.61. The van der Waals surface area contributed by atoms with Gasteiger partial charge in [-0.2, -0.15) is 0 Å². The number of carbonyl (C=O) groups is 1. The molecule has 0 bridgehead atoms. The van der Waals surface area contributed by atoms with Gasteiger partial charge in [0.05, 0.1) is 31.1 Å². The minimum atomic E-state index is -0.260. The summed E-state index contributed by atoms with van der Waals surface area (Å²) in [5.74, 6) is 0.767. The van der Waals surface area contributed by atoms with E-state index in [0.717, 1.165) is 38.1 Å². The van der Waals surface area contributed by atoms with Gasteiger partial charge in [0.2, 0.25) is 5.91 Å². The molecular formula is C18H28N2O4. The van der Waals surface area contributed by atoms with Crippen LogP contribution in [0.5, 0.6) is 0 Å². The first kappa shape index (κ1) is 17.5. The summed E-state index contributed by atoms with van der Waals surface area (Å²) in [4.78, 5) is 14.4. The number of piperidine rings is 1. The Morgan fingerprint density at radius 2 is 2.29 bits per heavy atom. The molecule has 1 spiro atoms. The van der Waals surface area contributed by atoms with Gasteiger partial charge < -0.3 is 19.6 Å². The van der Waals surface area contributed by atoms with E-state index in [4.69, 9.17) is 9.15 Å². The molecule has 0 aromatic carbocycles. The van der Waals surface area contributed by atoms with Crippen LogP contribution in [0, 0.1) is 5.41 Å². The van der Waals surface area contributed by atoms with E-state index in [9.17, 15) is 9.90 Å². The van der Waals surface area contributed by atoms with E-state index < -0.39 is 0 Å². The first-order valence-corrected chi connectivity index (χ1v) is 8.90. The second-order valence-corrected chi connectivity index (χ2v) is 7.01. The Balaban J connectivity index is 1.46. The molecule has 1 aliphatic heterocycles. The second-order valence-electron chi connectivity index (χ2n) is 7.01. The molecule has 1 saturated heterocycles. The van der Waals surface area contributed by atoms with Gasteiger partial charge >= 0.3 is 0 Å². The first-order chi connectivity index (χ1) is 11.5. The van der Waals surface area contributed by atoms with Crippen molar-refractivity contribution in [1.29, 1.82) is 0 Å². The highest BCUT2D eigenvalue weighted by molar-refractivity contribution is 5.78. The zero-order valence-corrected chi connectivity index (χ0v) is 14.5. The number of likely N-dealkylation sites (tertiary alicyclic amines) is 1. The third-order valence-corrected chi connectivity index (χ3v) is 5.61. The first-order valence-electron chi connectivity index (χ1n) is 8.90. The zero-order valence-electron chi connectivity index (χ0n) is 14.5. The SMILES string of the molecule is CCOC1CC(O)C12CCN(CC(=O)NC(C)c1ccco1)CC2. The number of hydrogen-bond acceptors (Lipinski definition) is 5. The molecule has 6 nitrogen and oxygen atoms in total. The molecule has 1 amide bonds. The topological polar surface area (TPSA) is 74.9 Å². The highest BCUT2D eigenvalue weighted by Gasteiger charge is 2.55. The van der Waals surface area contributed by atoms with Gasteiger partial charge in [0.25, 0.3) is 0 Å². The van der Waals surface area contributed by atoms with Crippen LogP contribution in [-0.2, 0) is 9.53 Å². The van der Waals surface area contributed by atoms with Crippen LogP contribution in [-0.4, -0.2) is 54.4 Å². The van der Waals surface area contributed by atoms with Crippen LogP contribution < -0.4 is 5.32 Å². The summed E-state index contributed by atoms with van der Waals surface area (Å²) in [6, 6.07) is 3.56. The van der Waals surface area contributed by atoms with Gasteiger partial charge in [0.1, 0.15) is 5.76 Å². The third kappa shape index (κ3) is 3.36. The number of amides is 1. The van der Waals surface area contributed by atoms with E-state index in [1.54, 1.807) is 6.26 Å². The summed E-state index contributed by atoms with van der Waals surface area (Å²) in [6.07, 6.45) is 4.05. The predicted octanol–water partition coefficient (Wildman–Crippen LogP) is 1.71. The van der Waals surface area contributed by atoms with Gasteiger partial charge in [-0.1, -0.05) is 0 Å². The fourth-order valence-electron chi connectivity index (χ4n) is 4.04. The number of hydrogen-bond donors (Lipinski definition) is 2. The number of ether oxygens (including phenoxy) is 1. The van der Waals surface area contributed by atoms with Crippen LogP contribution in [0.2, 0.25) is 0 Å². The van der Waals surface area contributed by atoms with E-state index in [1.807, 2.05) is 26.0 Å². The van der Waals surface area contributed by atoms with Crippen LogP contribution in [0.25, 0.3) is 0 Å². The van der Waals surface area contributed by atoms with E-state index in [-0.39, 0.29) is 29.6 Å². The van der Waals surface area contributed by atoms with Gasteiger partial charge in [-0.25, -0.2) is 0 Å². The van der Waals surface area contributed by atoms with Crippen LogP contribution in [0.3, 0.4) is 0 Å². The number of nitrogens with one attached hydrogen (secondary N) is 1. The molecular weight excluding hydrogens is 308 g/mol. The highest BCUT2D eigenvalue weighted by atomic mass is 16.5. The summed E-state index contributed by atoms with van der Waals surface area (Å²) < 4.78 is 11.1. The molecule has 3 rings (SSSR count). The Bertz CT molecular complexity index is 535. The Morgan fingerprint density at radius 1 is 1.54 bits per heavy atom. The lowest BCUT2D eigenvalue weighted by Gasteiger charge is -2.56. The van der Waals surface area contributed by atoms with Crippen molar-refractivity contribution < 1.29 is 19.1 Å². The quantitative estimate of drug-likeness (QED) is 0.827. The molecule has 24 heavy (non-hydrogen) atoms. The van der Waals surface area contributed by atoms with Crippen LogP contribution in [0.15, 0.2) is 22.8 Å². The molecule has 2 fully saturated rings. The van der Waals surface area contributed by atoms with E-state index in [0.29, 0.717) is 13.2 Å². The maximum Gasteiger partial charge on any atom is 0.234 e. The van der Waals surface area contributed by atoms with E-state index >= 15 is 0 Å². The fourth-order valence-corrected chi connectivity index (χ4v) is 4.04. The molecule has 1 aromatic rings. The molecule has 2 N–H and O–H groups in total. The van der Waals surface area contributed by atoms with E-state index in [2.05, 4.69) is 10.2 Å². The monoisotopic (exact) mass is 336 g/mol. The van der Waals surface area contributed by atoms with Gasteiger partial charge in [-0.3, -0.25) is 9.69 Å². The number of rotatable bonds is 6. The minimum Gasteiger partial charge on any atom is -0.467 e. The summed E-state index contributed by atoms with van der Waals surface area (Å²) in [5, 5.41) is 13.2. The zero-order chi connectivity index (χ0) is 17.2. The Morgan fingerprint density at radius 3 is 2.88 bits per heavy atom. The Kier molecular flexibility index (Phi) is 5.27. The average molecular weight is 336 g/mol. The van der Waals surface area contributed by atoms with Crippen molar-refractivity contribution in [3.8, 4) is 0 Å². The van der Waals surface area contributed by atoms with Crippen molar-refractivity contribution in [2.24, 2.45) is 5.41 Å². The van der Waals surface area contributed by atoms with Gasteiger partial charge in [0, 0.05) is 18.4 Å². The summed E-state index contributed by atoms with van der Waals surface area (Å²) in [5.41, 5.74) is -0.0928. The number of carbonyl (C=O) groups excluding carboxylic acids is 1. The van der Waals surface area contributed by atoms with Crippen molar-refractivity contribution in [3.05, 3.63) is 24.2 Å². The maximum atomic E-state index is 12.2. The Hall–Kier alpha value is -1.37. The summed E-state index contributed by atoms with van der Waals surface area (Å²) >= 11 is 0. The summed E-state index contributed by atoms with van der Waals surface area (Å²) in [7, 11) is 0. The van der Waals surface area contributed by atoms with Crippen molar-refractivity contribution in [2.75, 3.05) is 26.2 Å². The molecule has 6 heteroatoms. The lowest BCUT2D eigenvalue weighted by Crippen LogP contribution is -2.62. The number of aliphatic hydroxyl groups is 1. The van der Waals surface area contributed by atoms with Crippen molar-refractivity contribution in [1.82, 2.24) is 10.2 Å². The predicted molar refractivity (Wildman–Crippen MR) is 89.4 cm³/mol. The normalized spacial score (nSPS) is 27.6. The average Bonchev–Trinajstić information content (AvgIpc) is 3.10. The standard InChI is InChI=1S/C18H28N2O4/c1-3-23-16-11-15(21)18(16)6-8-20(9-7-18)12-17(22)19-13(2)14-5-4-10-24-14/h4-5,10,13,15-16,21H,3,6-9,11-12H2,1-2H3,(H,19,22). The summed E-state index contributed by atoms with van der Waals surface area (Å²) in [6.45, 7) is 6.64. The maximum absolute atomic E-state index is 12.2. The van der Waals surface area contributed by atoms with Crippen molar-refractivity contribution >= 4 is 5.91 Å². The lowest BCUT2D eigenvalue weighted by atomic mass is 9.58. The molecule has 1 aliphatic carbocycles. The molecule has 3 unspecified atom stereocenters. The van der Waals surface area contributed by atoms with Gasteiger partial charge in [-0.05, 0) is 51.9 Å². The van der Waals surface area contributed by atoms with Crippen LogP contribution >= 0.6 is 0 Å². The molecule has 3 atom stereocenters. The second kappa shape index (κ2) is 7.25. The Labute approximate surface area is 143 Å². The van der Waals surface area contributed by atoms with Crippen LogP contribution in [0.4, 0.5) is 0 Å². The highest BCUT2D eigenvalue weighted by Crippen LogP contribution is 2.50. The minimum absolute atomic E-state index is 0.00497. The molecule has 1 aromatic heterocycles.